The van der Waals surface area contributed by atoms with Gasteiger partial charge in [-0.15, -0.1) is 0 Å². The fourth-order valence-electron chi connectivity index (χ4n) is 5.54. The molecule has 0 unspecified atom stereocenters. The zero-order valence-corrected chi connectivity index (χ0v) is 24.8. The summed E-state index contributed by atoms with van der Waals surface area (Å²) >= 11 is 0. The molecule has 0 spiro atoms. The Labute approximate surface area is 260 Å². The predicted molar refractivity (Wildman–Crippen MR) is 166 cm³/mol. The van der Waals surface area contributed by atoms with Gasteiger partial charge in [0.25, 0.3) is 0 Å². The molecule has 12 nitrogen and oxygen atoms in total. The Morgan fingerprint density at radius 2 is 0.609 bits per heavy atom. The number of carbonyl (C=O) groups is 4. The normalized spacial score (nSPS) is 10.9. The van der Waals surface area contributed by atoms with Crippen molar-refractivity contribution in [3.05, 3.63) is 82.9 Å². The molecule has 0 amide bonds. The molecule has 0 bridgehead atoms. The van der Waals surface area contributed by atoms with Crippen LogP contribution in [-0.4, -0.2) is 72.7 Å². The van der Waals surface area contributed by atoms with Crippen LogP contribution in [0.4, 0.5) is 0 Å². The monoisotopic (exact) mass is 626 g/mol. The van der Waals surface area contributed by atoms with Crippen LogP contribution in [0.2, 0.25) is 0 Å². The van der Waals surface area contributed by atoms with Gasteiger partial charge in [0.15, 0.2) is 23.0 Å². The summed E-state index contributed by atoms with van der Waals surface area (Å²) in [6.45, 7) is 0. The largest absolute Gasteiger partial charge is 0.493 e. The first-order chi connectivity index (χ1) is 21.9. The van der Waals surface area contributed by atoms with E-state index >= 15 is 0 Å². The molecular formula is C34H26O12. The second-order valence-corrected chi connectivity index (χ2v) is 10.1. The number of carboxylic acids is 4. The van der Waals surface area contributed by atoms with Gasteiger partial charge in [-0.3, -0.25) is 0 Å². The summed E-state index contributed by atoms with van der Waals surface area (Å²) < 4.78 is 22.3. The lowest BCUT2D eigenvalue weighted by Crippen LogP contribution is -2.04. The predicted octanol–water partition coefficient (Wildman–Crippen LogP) is 6.15. The summed E-state index contributed by atoms with van der Waals surface area (Å²) in [7, 11) is 5.68. The number of fused-ring (bicyclic) bond motifs is 2. The fraction of sp³-hybridized carbons (Fsp3) is 0.118. The Morgan fingerprint density at radius 3 is 0.783 bits per heavy atom. The van der Waals surface area contributed by atoms with Gasteiger partial charge in [0.2, 0.25) is 0 Å². The molecule has 5 rings (SSSR count). The molecule has 5 aromatic carbocycles. The molecular weight excluding hydrogens is 600 g/mol. The molecule has 5 aromatic rings. The highest BCUT2D eigenvalue weighted by molar-refractivity contribution is 6.23. The molecule has 0 heterocycles. The quantitative estimate of drug-likeness (QED) is 0.130. The van der Waals surface area contributed by atoms with Crippen LogP contribution in [0.3, 0.4) is 0 Å². The zero-order chi connectivity index (χ0) is 33.4. The van der Waals surface area contributed by atoms with Crippen molar-refractivity contribution in [1.29, 1.82) is 0 Å². The fourth-order valence-corrected chi connectivity index (χ4v) is 5.54. The van der Waals surface area contributed by atoms with Crippen LogP contribution >= 0.6 is 0 Å². The van der Waals surface area contributed by atoms with Gasteiger partial charge in [-0.1, -0.05) is 0 Å². The van der Waals surface area contributed by atoms with Crippen LogP contribution in [0.5, 0.6) is 23.0 Å². The third-order valence-electron chi connectivity index (χ3n) is 7.56. The number of rotatable bonds is 10. The number of carboxylic acid groups (broad SMARTS) is 4. The third kappa shape index (κ3) is 5.32. The Hall–Kier alpha value is -6.30. The maximum absolute atomic E-state index is 12.1. The number of ether oxygens (including phenoxy) is 4. The van der Waals surface area contributed by atoms with Crippen molar-refractivity contribution in [1.82, 2.24) is 0 Å². The lowest BCUT2D eigenvalue weighted by Gasteiger charge is -2.22. The van der Waals surface area contributed by atoms with Gasteiger partial charge in [0.05, 0.1) is 50.7 Å². The Kier molecular flexibility index (Phi) is 8.12. The highest BCUT2D eigenvalue weighted by Gasteiger charge is 2.25. The van der Waals surface area contributed by atoms with E-state index in [-0.39, 0.29) is 56.4 Å². The number of aromatic carboxylic acids is 4. The second kappa shape index (κ2) is 12.0. The number of hydrogen-bond acceptors (Lipinski definition) is 8. The minimum absolute atomic E-state index is 0.226. The van der Waals surface area contributed by atoms with Gasteiger partial charge >= 0.3 is 23.9 Å². The Balaban J connectivity index is 2.12. The molecule has 0 aromatic heterocycles. The van der Waals surface area contributed by atoms with Crippen molar-refractivity contribution in [3.63, 3.8) is 0 Å². The molecule has 46 heavy (non-hydrogen) atoms. The van der Waals surface area contributed by atoms with Gasteiger partial charge in [0.1, 0.15) is 0 Å². The van der Waals surface area contributed by atoms with E-state index in [0.717, 1.165) is 12.1 Å². The SMILES string of the molecule is COc1cc2c(-c3cc(C(=O)O)cc(C(=O)O)c3)c3cc(OC)c(OC)cc3c(-c3cc(C(=O)O)cc(C(=O)O)c3)c2cc1OC. The summed E-state index contributed by atoms with van der Waals surface area (Å²) in [5.41, 5.74) is 0.113. The minimum atomic E-state index is -1.35. The molecule has 0 fully saturated rings. The summed E-state index contributed by atoms with van der Waals surface area (Å²) in [5.74, 6) is -4.28. The van der Waals surface area contributed by atoms with E-state index in [1.165, 1.54) is 52.7 Å². The lowest BCUT2D eigenvalue weighted by atomic mass is 9.84. The first kappa shape index (κ1) is 31.1. The summed E-state index contributed by atoms with van der Waals surface area (Å²) in [6.07, 6.45) is 0. The number of benzene rings is 5. The van der Waals surface area contributed by atoms with E-state index in [0.29, 0.717) is 32.7 Å². The van der Waals surface area contributed by atoms with Crippen LogP contribution in [0, 0.1) is 0 Å². The highest BCUT2D eigenvalue weighted by atomic mass is 16.5. The summed E-state index contributed by atoms with van der Waals surface area (Å²) in [4.78, 5) is 48.4. The maximum Gasteiger partial charge on any atom is 0.335 e. The van der Waals surface area contributed by atoms with Crippen molar-refractivity contribution in [2.24, 2.45) is 0 Å². The third-order valence-corrected chi connectivity index (χ3v) is 7.56. The van der Waals surface area contributed by atoms with Crippen molar-refractivity contribution in [3.8, 4) is 45.3 Å². The van der Waals surface area contributed by atoms with E-state index in [1.807, 2.05) is 0 Å². The van der Waals surface area contributed by atoms with Crippen LogP contribution < -0.4 is 18.9 Å². The van der Waals surface area contributed by atoms with E-state index in [2.05, 4.69) is 0 Å². The standard InChI is InChI=1S/C34H26O12/c1-43-25-11-21-22(12-26(25)44-2)30(16-7-19(33(39)40)10-20(8-16)34(41)42)24-14-28(46-4)27(45-3)13-23(24)29(21)15-5-17(31(35)36)9-18(6-15)32(37)38/h5-14H,1-4H3,(H,35,36)(H,37,38)(H,39,40)(H,41,42). The molecule has 0 atom stereocenters. The zero-order valence-electron chi connectivity index (χ0n) is 24.8. The molecule has 0 aliphatic rings. The van der Waals surface area contributed by atoms with Crippen LogP contribution in [0.25, 0.3) is 43.8 Å². The molecule has 0 aliphatic heterocycles. The average Bonchev–Trinajstić information content (AvgIpc) is 3.05. The number of hydrogen-bond donors (Lipinski definition) is 4. The summed E-state index contributed by atoms with van der Waals surface area (Å²) in [6, 6.07) is 13.9. The van der Waals surface area contributed by atoms with Crippen LogP contribution in [0.15, 0.2) is 60.7 Å². The number of methoxy groups -OCH3 is 4. The van der Waals surface area contributed by atoms with Gasteiger partial charge in [-0.25, -0.2) is 19.2 Å². The minimum Gasteiger partial charge on any atom is -0.493 e. The van der Waals surface area contributed by atoms with Crippen molar-refractivity contribution in [2.75, 3.05) is 28.4 Å². The van der Waals surface area contributed by atoms with E-state index in [9.17, 15) is 39.6 Å². The maximum atomic E-state index is 12.1. The van der Waals surface area contributed by atoms with E-state index in [4.69, 9.17) is 18.9 Å². The molecule has 0 aliphatic carbocycles. The summed E-state index contributed by atoms with van der Waals surface area (Å²) in [5, 5.41) is 41.1. The molecule has 0 radical (unpaired) electrons. The lowest BCUT2D eigenvalue weighted by molar-refractivity contribution is 0.0676. The van der Waals surface area contributed by atoms with Crippen LogP contribution in [-0.2, 0) is 0 Å². The Morgan fingerprint density at radius 1 is 0.391 bits per heavy atom. The van der Waals surface area contributed by atoms with Crippen molar-refractivity contribution in [2.45, 2.75) is 0 Å². The van der Waals surface area contributed by atoms with Gasteiger partial charge in [-0.2, -0.15) is 0 Å². The highest BCUT2D eigenvalue weighted by Crippen LogP contribution is 2.50. The van der Waals surface area contributed by atoms with E-state index < -0.39 is 23.9 Å². The van der Waals surface area contributed by atoms with Crippen molar-refractivity contribution >= 4 is 45.4 Å². The van der Waals surface area contributed by atoms with Gasteiger partial charge < -0.3 is 39.4 Å². The second-order valence-electron chi connectivity index (χ2n) is 10.1. The molecule has 4 N–H and O–H groups in total. The smallest absolute Gasteiger partial charge is 0.335 e. The van der Waals surface area contributed by atoms with E-state index in [1.54, 1.807) is 24.3 Å². The van der Waals surface area contributed by atoms with Gasteiger partial charge in [-0.05, 0) is 104 Å². The topological polar surface area (TPSA) is 186 Å². The average molecular weight is 627 g/mol. The molecule has 234 valence electrons. The van der Waals surface area contributed by atoms with Gasteiger partial charge in [0, 0.05) is 0 Å². The molecule has 0 saturated heterocycles. The first-order valence-corrected chi connectivity index (χ1v) is 13.4. The molecule has 12 heteroatoms. The Bertz CT molecular complexity index is 1830. The van der Waals surface area contributed by atoms with Crippen molar-refractivity contribution < 1.29 is 58.6 Å². The molecule has 0 saturated carbocycles. The van der Waals surface area contributed by atoms with Crippen LogP contribution in [0.1, 0.15) is 41.4 Å². The first-order valence-electron chi connectivity index (χ1n) is 13.4.